The van der Waals surface area contributed by atoms with Crippen LogP contribution in [0.4, 0.5) is 0 Å². The smallest absolute Gasteiger partial charge is 0.305 e. The molecule has 2 atom stereocenters. The van der Waals surface area contributed by atoms with Gasteiger partial charge in [-0.05, 0) is 51.4 Å². The van der Waals surface area contributed by atoms with Crippen LogP contribution in [0, 0.1) is 0 Å². The zero-order chi connectivity index (χ0) is 50.0. The highest BCUT2D eigenvalue weighted by atomic mass is 16.5. The standard InChI is InChI=1S/C63H123NO5/c1-3-5-7-9-11-13-15-17-19-28-31-35-39-43-47-51-55-61(66)60(59-65)64-62(67)56-52-48-44-40-36-32-29-26-24-22-20-21-23-25-27-30-34-38-42-46-50-54-58-69-63(68)57-53-49-45-41-37-33-18-16-14-12-10-8-6-4-2/h22,24,60-61,65-66H,3-21,23,25-59H2,1-2H3,(H,64,67)/b24-22-. The van der Waals surface area contributed by atoms with Crippen molar-refractivity contribution in [2.45, 2.75) is 366 Å². The zero-order valence-electron chi connectivity index (χ0n) is 46.8. The molecule has 0 saturated carbocycles. The average molecular weight is 975 g/mol. The number of hydrogen-bond acceptors (Lipinski definition) is 5. The van der Waals surface area contributed by atoms with Gasteiger partial charge in [-0.15, -0.1) is 0 Å². The van der Waals surface area contributed by atoms with Crippen molar-refractivity contribution in [2.75, 3.05) is 13.2 Å². The van der Waals surface area contributed by atoms with Crippen LogP contribution in [-0.2, 0) is 14.3 Å². The Labute approximate surface area is 431 Å². The maximum atomic E-state index is 12.5. The van der Waals surface area contributed by atoms with Gasteiger partial charge in [-0.2, -0.15) is 0 Å². The minimum Gasteiger partial charge on any atom is -0.466 e. The molecule has 0 aliphatic carbocycles. The fraction of sp³-hybridized carbons (Fsp3) is 0.937. The number of allylic oxidation sites excluding steroid dienone is 2. The Kier molecular flexibility index (Phi) is 58.0. The monoisotopic (exact) mass is 974 g/mol. The largest absolute Gasteiger partial charge is 0.466 e. The molecule has 0 bridgehead atoms. The van der Waals surface area contributed by atoms with Crippen LogP contribution >= 0.6 is 0 Å². The molecule has 0 heterocycles. The molecular formula is C63H123NO5. The lowest BCUT2D eigenvalue weighted by atomic mass is 10.0. The molecule has 6 heteroatoms. The molecule has 69 heavy (non-hydrogen) atoms. The maximum Gasteiger partial charge on any atom is 0.305 e. The van der Waals surface area contributed by atoms with Crippen LogP contribution in [0.2, 0.25) is 0 Å². The molecule has 0 fully saturated rings. The van der Waals surface area contributed by atoms with Gasteiger partial charge in [0.15, 0.2) is 0 Å². The Hall–Kier alpha value is -1.40. The number of carbonyl (C=O) groups excluding carboxylic acids is 2. The predicted octanol–water partition coefficient (Wildman–Crippen LogP) is 19.6. The number of nitrogens with one attached hydrogen (secondary N) is 1. The number of unbranched alkanes of at least 4 members (excludes halogenated alkanes) is 46. The predicted molar refractivity (Wildman–Crippen MR) is 301 cm³/mol. The summed E-state index contributed by atoms with van der Waals surface area (Å²) >= 11 is 0. The van der Waals surface area contributed by atoms with Crippen molar-refractivity contribution in [3.8, 4) is 0 Å². The second-order valence-electron chi connectivity index (χ2n) is 21.7. The maximum absolute atomic E-state index is 12.5. The Balaban J connectivity index is 3.40. The first kappa shape index (κ1) is 67.6. The summed E-state index contributed by atoms with van der Waals surface area (Å²) in [7, 11) is 0. The summed E-state index contributed by atoms with van der Waals surface area (Å²) in [6.45, 7) is 4.98. The molecule has 3 N–H and O–H groups in total. The van der Waals surface area contributed by atoms with Crippen LogP contribution in [0.3, 0.4) is 0 Å². The summed E-state index contributed by atoms with van der Waals surface area (Å²) in [6, 6.07) is -0.546. The van der Waals surface area contributed by atoms with E-state index in [1.807, 2.05) is 0 Å². The Morgan fingerprint density at radius 2 is 0.681 bits per heavy atom. The molecule has 0 rings (SSSR count). The van der Waals surface area contributed by atoms with E-state index < -0.39 is 12.1 Å². The van der Waals surface area contributed by atoms with Crippen molar-refractivity contribution in [1.29, 1.82) is 0 Å². The first-order valence-corrected chi connectivity index (χ1v) is 31.4. The van der Waals surface area contributed by atoms with E-state index in [0.29, 0.717) is 25.9 Å². The number of amides is 1. The average Bonchev–Trinajstić information content (AvgIpc) is 3.35. The second-order valence-corrected chi connectivity index (χ2v) is 21.7. The summed E-state index contributed by atoms with van der Waals surface area (Å²) < 4.78 is 5.48. The first-order chi connectivity index (χ1) is 34.0. The van der Waals surface area contributed by atoms with Gasteiger partial charge in [0.25, 0.3) is 0 Å². The summed E-state index contributed by atoms with van der Waals surface area (Å²) in [5.41, 5.74) is 0. The lowest BCUT2D eigenvalue weighted by Crippen LogP contribution is -2.45. The third-order valence-electron chi connectivity index (χ3n) is 14.8. The second kappa shape index (κ2) is 59.2. The van der Waals surface area contributed by atoms with Crippen LogP contribution in [0.1, 0.15) is 354 Å². The number of rotatable bonds is 59. The van der Waals surface area contributed by atoms with Crippen molar-refractivity contribution < 1.29 is 24.5 Å². The number of esters is 1. The highest BCUT2D eigenvalue weighted by Crippen LogP contribution is 2.18. The molecule has 0 saturated heterocycles. The van der Waals surface area contributed by atoms with E-state index in [-0.39, 0.29) is 18.5 Å². The highest BCUT2D eigenvalue weighted by Gasteiger charge is 2.20. The lowest BCUT2D eigenvalue weighted by molar-refractivity contribution is -0.143. The van der Waals surface area contributed by atoms with Gasteiger partial charge in [0, 0.05) is 12.8 Å². The third kappa shape index (κ3) is 55.8. The van der Waals surface area contributed by atoms with E-state index in [2.05, 4.69) is 31.3 Å². The van der Waals surface area contributed by atoms with Crippen LogP contribution in [0.25, 0.3) is 0 Å². The van der Waals surface area contributed by atoms with Crippen LogP contribution in [0.5, 0.6) is 0 Å². The normalized spacial score (nSPS) is 12.6. The molecule has 410 valence electrons. The number of aliphatic hydroxyl groups is 2. The molecule has 0 aromatic rings. The van der Waals surface area contributed by atoms with E-state index in [0.717, 1.165) is 38.5 Å². The number of aliphatic hydroxyl groups excluding tert-OH is 2. The van der Waals surface area contributed by atoms with Gasteiger partial charge < -0.3 is 20.3 Å². The van der Waals surface area contributed by atoms with Crippen molar-refractivity contribution in [1.82, 2.24) is 5.32 Å². The lowest BCUT2D eigenvalue weighted by Gasteiger charge is -2.22. The molecule has 6 nitrogen and oxygen atoms in total. The number of ether oxygens (including phenoxy) is 1. The van der Waals surface area contributed by atoms with Gasteiger partial charge >= 0.3 is 5.97 Å². The number of hydrogen-bond donors (Lipinski definition) is 3. The van der Waals surface area contributed by atoms with E-state index in [1.54, 1.807) is 0 Å². The van der Waals surface area contributed by atoms with E-state index in [4.69, 9.17) is 4.74 Å². The van der Waals surface area contributed by atoms with Crippen molar-refractivity contribution in [3.05, 3.63) is 12.2 Å². The zero-order valence-corrected chi connectivity index (χ0v) is 46.8. The Morgan fingerprint density at radius 3 is 1.03 bits per heavy atom. The van der Waals surface area contributed by atoms with Crippen LogP contribution in [0.15, 0.2) is 12.2 Å². The molecule has 0 aromatic heterocycles. The Morgan fingerprint density at radius 1 is 0.391 bits per heavy atom. The van der Waals surface area contributed by atoms with Crippen LogP contribution in [-0.4, -0.2) is 47.4 Å². The first-order valence-electron chi connectivity index (χ1n) is 31.4. The Bertz CT molecular complexity index is 1030. The van der Waals surface area contributed by atoms with Crippen LogP contribution < -0.4 is 5.32 Å². The van der Waals surface area contributed by atoms with Gasteiger partial charge in [-0.3, -0.25) is 9.59 Å². The summed E-state index contributed by atoms with van der Waals surface area (Å²) in [5, 5.41) is 23.3. The van der Waals surface area contributed by atoms with E-state index >= 15 is 0 Å². The molecular weight excluding hydrogens is 851 g/mol. The summed E-state index contributed by atoms with van der Waals surface area (Å²) in [4.78, 5) is 24.5. The van der Waals surface area contributed by atoms with Gasteiger partial charge in [-0.1, -0.05) is 302 Å². The molecule has 1 amide bonds. The SMILES string of the molecule is CCCCCCCCCCCCCCCCCCC(O)C(CO)NC(=O)CCCCCCCCC/C=C\CCCCCCCCCCCCCOC(=O)CCCCCCCCCCCCCCCC. The fourth-order valence-corrected chi connectivity index (χ4v) is 9.99. The van der Waals surface area contributed by atoms with E-state index in [1.165, 1.54) is 283 Å². The topological polar surface area (TPSA) is 95.9 Å². The third-order valence-corrected chi connectivity index (χ3v) is 14.8. The molecule has 0 aliphatic rings. The van der Waals surface area contributed by atoms with Gasteiger partial charge in [-0.25, -0.2) is 0 Å². The highest BCUT2D eigenvalue weighted by molar-refractivity contribution is 5.76. The molecule has 0 aliphatic heterocycles. The molecule has 2 unspecified atom stereocenters. The van der Waals surface area contributed by atoms with Crippen molar-refractivity contribution in [2.24, 2.45) is 0 Å². The van der Waals surface area contributed by atoms with Crippen molar-refractivity contribution >= 4 is 11.9 Å². The van der Waals surface area contributed by atoms with E-state index in [9.17, 15) is 19.8 Å². The van der Waals surface area contributed by atoms with Gasteiger partial charge in [0.05, 0.1) is 25.4 Å². The summed E-state index contributed by atoms with van der Waals surface area (Å²) in [5.74, 6) is -0.0262. The molecule has 0 spiro atoms. The van der Waals surface area contributed by atoms with Gasteiger partial charge in [0.2, 0.25) is 5.91 Å². The van der Waals surface area contributed by atoms with Crippen molar-refractivity contribution in [3.63, 3.8) is 0 Å². The summed E-state index contributed by atoms with van der Waals surface area (Å²) in [6.07, 6.45) is 70.8. The fourth-order valence-electron chi connectivity index (χ4n) is 9.99. The van der Waals surface area contributed by atoms with Gasteiger partial charge in [0.1, 0.15) is 0 Å². The molecule has 0 radical (unpaired) electrons. The minimum absolute atomic E-state index is 0.0130. The number of carbonyl (C=O) groups is 2. The minimum atomic E-state index is -0.668. The quantitative estimate of drug-likeness (QED) is 0.0321. The molecule has 0 aromatic carbocycles.